The molecule has 1 aromatic rings. The van der Waals surface area contributed by atoms with Gasteiger partial charge in [0, 0.05) is 25.1 Å². The van der Waals surface area contributed by atoms with Crippen molar-refractivity contribution in [1.29, 1.82) is 0 Å². The third kappa shape index (κ3) is 3.54. The van der Waals surface area contributed by atoms with Crippen molar-refractivity contribution in [3.05, 3.63) is 24.3 Å². The number of aromatic hydroxyl groups is 1. The predicted molar refractivity (Wildman–Crippen MR) is 61.2 cm³/mol. The molecule has 0 aliphatic heterocycles. The third-order valence-electron chi connectivity index (χ3n) is 1.98. The number of benzene rings is 1. The Balaban J connectivity index is 2.86. The lowest BCUT2D eigenvalue weighted by atomic mass is 10.3. The molecule has 0 aromatic heterocycles. The number of anilines is 1. The highest BCUT2D eigenvalue weighted by molar-refractivity contribution is 7.91. The van der Waals surface area contributed by atoms with Crippen LogP contribution in [0.1, 0.15) is 0 Å². The molecule has 1 aromatic carbocycles. The molecule has 0 radical (unpaired) electrons. The molecule has 0 saturated heterocycles. The fourth-order valence-electron chi connectivity index (χ4n) is 1.17. The number of phenols is 1. The van der Waals surface area contributed by atoms with E-state index in [1.165, 1.54) is 24.1 Å². The minimum atomic E-state index is -3.34. The second-order valence-electron chi connectivity index (χ2n) is 3.54. The van der Waals surface area contributed by atoms with Gasteiger partial charge in [0.1, 0.15) is 11.5 Å². The normalized spacial score (nSPS) is 11.1. The molecule has 16 heavy (non-hydrogen) atoms. The maximum absolute atomic E-state index is 11.5. The van der Waals surface area contributed by atoms with E-state index in [4.69, 9.17) is 0 Å². The summed E-state index contributed by atoms with van der Waals surface area (Å²) in [6.45, 7) is 0. The molecular weight excluding hydrogens is 230 g/mol. The van der Waals surface area contributed by atoms with Crippen LogP contribution in [-0.4, -0.2) is 38.5 Å². The van der Waals surface area contributed by atoms with Crippen LogP contribution < -0.4 is 4.90 Å². The first-order chi connectivity index (χ1) is 7.29. The van der Waals surface area contributed by atoms with Gasteiger partial charge in [-0.1, -0.05) is 6.07 Å². The fourth-order valence-corrected chi connectivity index (χ4v) is 1.81. The number of sulfone groups is 1. The van der Waals surface area contributed by atoms with E-state index in [0.717, 1.165) is 6.26 Å². The molecule has 88 valence electrons. The second kappa shape index (κ2) is 4.52. The number of nitrogens with zero attached hydrogens (tertiary/aromatic N) is 1. The van der Waals surface area contributed by atoms with E-state index in [1.54, 1.807) is 12.1 Å². The van der Waals surface area contributed by atoms with Gasteiger partial charge in [0.15, 0.2) is 9.84 Å². The lowest BCUT2D eigenvalue weighted by Gasteiger charge is -2.16. The maximum Gasteiger partial charge on any atom is 0.241 e. The van der Waals surface area contributed by atoms with Gasteiger partial charge in [0.05, 0.1) is 0 Å². The number of hydrogen-bond donors (Lipinski definition) is 1. The van der Waals surface area contributed by atoms with E-state index in [-0.39, 0.29) is 5.75 Å². The van der Waals surface area contributed by atoms with Crippen molar-refractivity contribution in [1.82, 2.24) is 0 Å². The summed E-state index contributed by atoms with van der Waals surface area (Å²) < 4.78 is 21.9. The summed E-state index contributed by atoms with van der Waals surface area (Å²) in [5, 5.41) is 9.22. The first-order valence-corrected chi connectivity index (χ1v) is 6.59. The van der Waals surface area contributed by atoms with Gasteiger partial charge in [-0.25, -0.2) is 8.42 Å². The van der Waals surface area contributed by atoms with Crippen LogP contribution in [0.5, 0.6) is 5.75 Å². The minimum absolute atomic E-state index is 0.0245. The van der Waals surface area contributed by atoms with E-state index in [0.29, 0.717) is 5.69 Å². The molecule has 0 aliphatic carbocycles. The zero-order valence-electron chi connectivity index (χ0n) is 9.04. The predicted octanol–water partition coefficient (Wildman–Crippen LogP) is 0.400. The van der Waals surface area contributed by atoms with Gasteiger partial charge in [0.2, 0.25) is 5.91 Å². The maximum atomic E-state index is 11.5. The van der Waals surface area contributed by atoms with Crippen LogP contribution in [0.15, 0.2) is 24.3 Å². The van der Waals surface area contributed by atoms with Crippen molar-refractivity contribution in [3.63, 3.8) is 0 Å². The van der Waals surface area contributed by atoms with Gasteiger partial charge < -0.3 is 10.0 Å². The standard InChI is InChI=1S/C10H13NO4S/c1-11(10(13)7-16(2,14)15)8-4-3-5-9(12)6-8/h3-6,12H,7H2,1-2H3. The third-order valence-corrected chi connectivity index (χ3v) is 2.75. The Kier molecular flexibility index (Phi) is 3.54. The average molecular weight is 243 g/mol. The highest BCUT2D eigenvalue weighted by atomic mass is 32.2. The van der Waals surface area contributed by atoms with Crippen molar-refractivity contribution in [3.8, 4) is 5.75 Å². The van der Waals surface area contributed by atoms with Crippen LogP contribution >= 0.6 is 0 Å². The Bertz CT molecular complexity index is 495. The van der Waals surface area contributed by atoms with E-state index in [2.05, 4.69) is 0 Å². The van der Waals surface area contributed by atoms with Crippen molar-refractivity contribution in [2.24, 2.45) is 0 Å². The van der Waals surface area contributed by atoms with Gasteiger partial charge in [-0.05, 0) is 12.1 Å². The lowest BCUT2D eigenvalue weighted by Crippen LogP contribution is -2.31. The second-order valence-corrected chi connectivity index (χ2v) is 5.68. The molecule has 1 amide bonds. The van der Waals surface area contributed by atoms with Crippen LogP contribution in [0.4, 0.5) is 5.69 Å². The van der Waals surface area contributed by atoms with E-state index in [1.807, 2.05) is 0 Å². The van der Waals surface area contributed by atoms with E-state index >= 15 is 0 Å². The molecule has 0 bridgehead atoms. The van der Waals surface area contributed by atoms with Gasteiger partial charge in [0.25, 0.3) is 0 Å². The monoisotopic (exact) mass is 243 g/mol. The van der Waals surface area contributed by atoms with Crippen LogP contribution in [-0.2, 0) is 14.6 Å². The Morgan fingerprint density at radius 1 is 1.44 bits per heavy atom. The Hall–Kier alpha value is -1.56. The molecule has 0 heterocycles. The van der Waals surface area contributed by atoms with E-state index < -0.39 is 21.5 Å². The summed E-state index contributed by atoms with van der Waals surface area (Å²) in [5.74, 6) is -1.05. The van der Waals surface area contributed by atoms with Crippen molar-refractivity contribution in [2.45, 2.75) is 0 Å². The summed E-state index contributed by atoms with van der Waals surface area (Å²) in [7, 11) is -1.88. The molecule has 0 spiro atoms. The summed E-state index contributed by atoms with van der Waals surface area (Å²) in [6.07, 6.45) is 1.00. The number of carbonyl (C=O) groups is 1. The molecule has 1 N–H and O–H groups in total. The van der Waals surface area contributed by atoms with Gasteiger partial charge >= 0.3 is 0 Å². The molecule has 1 rings (SSSR count). The smallest absolute Gasteiger partial charge is 0.241 e. The van der Waals surface area contributed by atoms with Crippen LogP contribution in [0.3, 0.4) is 0 Å². The molecule has 0 fully saturated rings. The number of amides is 1. The fraction of sp³-hybridized carbons (Fsp3) is 0.300. The first kappa shape index (κ1) is 12.5. The Morgan fingerprint density at radius 2 is 2.06 bits per heavy atom. The zero-order valence-corrected chi connectivity index (χ0v) is 9.86. The average Bonchev–Trinajstić information content (AvgIpc) is 2.14. The molecule has 0 saturated carbocycles. The van der Waals surface area contributed by atoms with E-state index in [9.17, 15) is 18.3 Å². The Morgan fingerprint density at radius 3 is 2.56 bits per heavy atom. The number of carbonyl (C=O) groups excluding carboxylic acids is 1. The highest BCUT2D eigenvalue weighted by Crippen LogP contribution is 2.18. The highest BCUT2D eigenvalue weighted by Gasteiger charge is 2.16. The van der Waals surface area contributed by atoms with Crippen molar-refractivity contribution in [2.75, 3.05) is 24.0 Å². The van der Waals surface area contributed by atoms with Crippen LogP contribution in [0, 0.1) is 0 Å². The lowest BCUT2D eigenvalue weighted by molar-refractivity contribution is -0.115. The summed E-state index contributed by atoms with van der Waals surface area (Å²) in [5.41, 5.74) is 0.452. The molecule has 0 unspecified atom stereocenters. The largest absolute Gasteiger partial charge is 0.508 e. The molecular formula is C10H13NO4S. The van der Waals surface area contributed by atoms with Crippen LogP contribution in [0.2, 0.25) is 0 Å². The zero-order chi connectivity index (χ0) is 12.3. The number of phenolic OH excluding ortho intramolecular Hbond substituents is 1. The summed E-state index contributed by atoms with van der Waals surface area (Å²) >= 11 is 0. The van der Waals surface area contributed by atoms with Crippen molar-refractivity contribution >= 4 is 21.4 Å². The number of hydrogen-bond acceptors (Lipinski definition) is 4. The Labute approximate surface area is 94.2 Å². The van der Waals surface area contributed by atoms with Crippen LogP contribution in [0.25, 0.3) is 0 Å². The quantitative estimate of drug-likeness (QED) is 0.833. The summed E-state index contributed by atoms with van der Waals surface area (Å²) in [6, 6.07) is 6.05. The van der Waals surface area contributed by atoms with Gasteiger partial charge in [-0.2, -0.15) is 0 Å². The summed E-state index contributed by atoms with van der Waals surface area (Å²) in [4.78, 5) is 12.7. The molecule has 0 atom stereocenters. The molecule has 6 heteroatoms. The number of rotatable bonds is 3. The molecule has 0 aliphatic rings. The van der Waals surface area contributed by atoms with Gasteiger partial charge in [-0.3, -0.25) is 4.79 Å². The van der Waals surface area contributed by atoms with Crippen molar-refractivity contribution < 1.29 is 18.3 Å². The van der Waals surface area contributed by atoms with Gasteiger partial charge in [-0.15, -0.1) is 0 Å². The minimum Gasteiger partial charge on any atom is -0.508 e. The SMILES string of the molecule is CN(C(=O)CS(C)(=O)=O)c1cccc(O)c1. The molecule has 5 nitrogen and oxygen atoms in total. The first-order valence-electron chi connectivity index (χ1n) is 4.53. The topological polar surface area (TPSA) is 74.7 Å².